The average molecular weight is 406 g/mol. The van der Waals surface area contributed by atoms with Crippen molar-refractivity contribution < 1.29 is 23.8 Å². The van der Waals surface area contributed by atoms with Crippen LogP contribution in [0.5, 0.6) is 11.5 Å². The van der Waals surface area contributed by atoms with Crippen molar-refractivity contribution in [1.29, 1.82) is 0 Å². The number of carbonyl (C=O) groups is 2. The van der Waals surface area contributed by atoms with Crippen molar-refractivity contribution in [3.8, 4) is 11.5 Å². The SMILES string of the molecule is COc1cc(C(=O)OCC(=O)Nc2cccc(C)c2C)cc(Cl)c1OC(C)C. The van der Waals surface area contributed by atoms with E-state index in [4.69, 9.17) is 25.8 Å². The van der Waals surface area contributed by atoms with Gasteiger partial charge in [-0.2, -0.15) is 0 Å². The molecule has 2 aromatic carbocycles. The Morgan fingerprint density at radius 2 is 1.89 bits per heavy atom. The molecule has 0 saturated carbocycles. The van der Waals surface area contributed by atoms with Gasteiger partial charge in [-0.3, -0.25) is 4.79 Å². The van der Waals surface area contributed by atoms with Crippen LogP contribution in [-0.4, -0.2) is 31.7 Å². The first-order valence-corrected chi connectivity index (χ1v) is 9.18. The molecule has 0 radical (unpaired) electrons. The van der Waals surface area contributed by atoms with E-state index in [1.165, 1.54) is 19.2 Å². The Hall–Kier alpha value is -2.73. The highest BCUT2D eigenvalue weighted by molar-refractivity contribution is 6.32. The van der Waals surface area contributed by atoms with Gasteiger partial charge in [0.05, 0.1) is 23.8 Å². The van der Waals surface area contributed by atoms with Crippen LogP contribution in [0.25, 0.3) is 0 Å². The number of hydrogen-bond donors (Lipinski definition) is 1. The smallest absolute Gasteiger partial charge is 0.338 e. The number of rotatable bonds is 7. The zero-order valence-electron chi connectivity index (χ0n) is 16.6. The Kier molecular flexibility index (Phi) is 7.29. The second-order valence-corrected chi connectivity index (χ2v) is 6.94. The van der Waals surface area contributed by atoms with Crippen molar-refractivity contribution in [2.45, 2.75) is 33.8 Å². The van der Waals surface area contributed by atoms with Gasteiger partial charge in [0, 0.05) is 5.69 Å². The number of nitrogens with one attached hydrogen (secondary N) is 1. The Morgan fingerprint density at radius 1 is 1.18 bits per heavy atom. The summed E-state index contributed by atoms with van der Waals surface area (Å²) in [6.45, 7) is 7.15. The van der Waals surface area contributed by atoms with Crippen molar-refractivity contribution >= 4 is 29.2 Å². The number of anilines is 1. The molecule has 0 aliphatic rings. The van der Waals surface area contributed by atoms with Crippen LogP contribution in [0.1, 0.15) is 35.3 Å². The molecular weight excluding hydrogens is 382 g/mol. The van der Waals surface area contributed by atoms with E-state index in [1.807, 2.05) is 39.8 Å². The standard InChI is InChI=1S/C21H24ClNO5/c1-12(2)28-20-16(22)9-15(10-18(20)26-5)21(25)27-11-19(24)23-17-8-6-7-13(3)14(17)4/h6-10,12H,11H2,1-5H3,(H,23,24). The highest BCUT2D eigenvalue weighted by atomic mass is 35.5. The fourth-order valence-electron chi connectivity index (χ4n) is 2.47. The minimum atomic E-state index is -0.688. The van der Waals surface area contributed by atoms with E-state index in [0.29, 0.717) is 17.2 Å². The molecule has 7 heteroatoms. The van der Waals surface area contributed by atoms with Crippen LogP contribution in [0.3, 0.4) is 0 Å². The molecule has 0 aliphatic carbocycles. The molecule has 1 N–H and O–H groups in total. The number of carbonyl (C=O) groups excluding carboxylic acids is 2. The van der Waals surface area contributed by atoms with Crippen LogP contribution in [0.2, 0.25) is 5.02 Å². The number of aryl methyl sites for hydroxylation is 1. The molecule has 150 valence electrons. The van der Waals surface area contributed by atoms with Gasteiger partial charge in [-0.15, -0.1) is 0 Å². The molecule has 0 atom stereocenters. The van der Waals surface area contributed by atoms with Gasteiger partial charge >= 0.3 is 5.97 Å². The molecule has 0 unspecified atom stereocenters. The summed E-state index contributed by atoms with van der Waals surface area (Å²) in [7, 11) is 1.45. The monoisotopic (exact) mass is 405 g/mol. The summed E-state index contributed by atoms with van der Waals surface area (Å²) in [4.78, 5) is 24.4. The molecule has 2 aromatic rings. The molecule has 0 fully saturated rings. The molecule has 0 spiro atoms. The maximum absolute atomic E-state index is 12.3. The normalized spacial score (nSPS) is 10.5. The highest BCUT2D eigenvalue weighted by Gasteiger charge is 2.18. The highest BCUT2D eigenvalue weighted by Crippen LogP contribution is 2.37. The summed E-state index contributed by atoms with van der Waals surface area (Å²) in [5, 5.41) is 2.96. The number of benzene rings is 2. The van der Waals surface area contributed by atoms with Crippen LogP contribution in [-0.2, 0) is 9.53 Å². The van der Waals surface area contributed by atoms with Gasteiger partial charge in [-0.05, 0) is 57.0 Å². The number of amides is 1. The first-order chi connectivity index (χ1) is 13.2. The van der Waals surface area contributed by atoms with E-state index in [0.717, 1.165) is 11.1 Å². The van der Waals surface area contributed by atoms with Gasteiger partial charge in [0.2, 0.25) is 0 Å². The zero-order chi connectivity index (χ0) is 20.8. The summed E-state index contributed by atoms with van der Waals surface area (Å²) in [6.07, 6.45) is -0.113. The zero-order valence-corrected chi connectivity index (χ0v) is 17.3. The summed E-state index contributed by atoms with van der Waals surface area (Å²) in [5.74, 6) is -0.455. The number of halogens is 1. The summed E-state index contributed by atoms with van der Waals surface area (Å²) in [6, 6.07) is 8.48. The fraction of sp³-hybridized carbons (Fsp3) is 0.333. The van der Waals surface area contributed by atoms with E-state index in [2.05, 4.69) is 5.32 Å². The Bertz CT molecular complexity index is 879. The first kappa shape index (κ1) is 21.6. The minimum absolute atomic E-state index is 0.113. The topological polar surface area (TPSA) is 73.9 Å². The predicted molar refractivity (Wildman–Crippen MR) is 109 cm³/mol. The third kappa shape index (κ3) is 5.39. The number of ether oxygens (including phenoxy) is 3. The van der Waals surface area contributed by atoms with Crippen molar-refractivity contribution in [1.82, 2.24) is 0 Å². The maximum atomic E-state index is 12.3. The number of methoxy groups -OCH3 is 1. The van der Waals surface area contributed by atoms with E-state index in [-0.39, 0.29) is 16.7 Å². The van der Waals surface area contributed by atoms with Crippen molar-refractivity contribution in [3.05, 3.63) is 52.0 Å². The van der Waals surface area contributed by atoms with Gasteiger partial charge in [-0.1, -0.05) is 23.7 Å². The lowest BCUT2D eigenvalue weighted by Crippen LogP contribution is -2.21. The van der Waals surface area contributed by atoms with Gasteiger partial charge in [0.1, 0.15) is 0 Å². The molecule has 0 aromatic heterocycles. The van der Waals surface area contributed by atoms with Crippen molar-refractivity contribution in [2.24, 2.45) is 0 Å². The Morgan fingerprint density at radius 3 is 2.54 bits per heavy atom. The molecule has 0 aliphatic heterocycles. The molecule has 1 amide bonds. The molecule has 2 rings (SSSR count). The number of hydrogen-bond acceptors (Lipinski definition) is 5. The van der Waals surface area contributed by atoms with Crippen LogP contribution >= 0.6 is 11.6 Å². The predicted octanol–water partition coefficient (Wildman–Crippen LogP) is 4.55. The summed E-state index contributed by atoms with van der Waals surface area (Å²) < 4.78 is 16.0. The quantitative estimate of drug-likeness (QED) is 0.684. The molecular formula is C21H24ClNO5. The van der Waals surface area contributed by atoms with E-state index >= 15 is 0 Å². The summed E-state index contributed by atoms with van der Waals surface area (Å²) >= 11 is 6.21. The lowest BCUT2D eigenvalue weighted by Gasteiger charge is -2.16. The van der Waals surface area contributed by atoms with Gasteiger partial charge in [0.25, 0.3) is 5.91 Å². The van der Waals surface area contributed by atoms with Crippen LogP contribution in [0.15, 0.2) is 30.3 Å². The van der Waals surface area contributed by atoms with Gasteiger partial charge in [-0.25, -0.2) is 4.79 Å². The maximum Gasteiger partial charge on any atom is 0.338 e. The second-order valence-electron chi connectivity index (χ2n) is 6.53. The van der Waals surface area contributed by atoms with Gasteiger partial charge < -0.3 is 19.5 Å². The van der Waals surface area contributed by atoms with Crippen LogP contribution in [0.4, 0.5) is 5.69 Å². The van der Waals surface area contributed by atoms with E-state index in [1.54, 1.807) is 6.07 Å². The molecule has 0 saturated heterocycles. The molecule has 0 heterocycles. The third-order valence-corrected chi connectivity index (χ3v) is 4.31. The number of esters is 1. The van der Waals surface area contributed by atoms with Gasteiger partial charge in [0.15, 0.2) is 18.1 Å². The van der Waals surface area contributed by atoms with E-state index < -0.39 is 18.5 Å². The second kappa shape index (κ2) is 9.46. The Labute approximate surface area is 169 Å². The van der Waals surface area contributed by atoms with E-state index in [9.17, 15) is 9.59 Å². The Balaban J connectivity index is 2.05. The summed E-state index contributed by atoms with van der Waals surface area (Å²) in [5.41, 5.74) is 2.86. The molecule has 6 nitrogen and oxygen atoms in total. The molecule has 0 bridgehead atoms. The van der Waals surface area contributed by atoms with Crippen molar-refractivity contribution in [2.75, 3.05) is 19.0 Å². The fourth-order valence-corrected chi connectivity index (χ4v) is 2.73. The third-order valence-electron chi connectivity index (χ3n) is 4.03. The average Bonchev–Trinajstić information content (AvgIpc) is 2.64. The lowest BCUT2D eigenvalue weighted by atomic mass is 10.1. The lowest BCUT2D eigenvalue weighted by molar-refractivity contribution is -0.119. The van der Waals surface area contributed by atoms with Crippen LogP contribution in [0, 0.1) is 13.8 Å². The first-order valence-electron chi connectivity index (χ1n) is 8.80. The van der Waals surface area contributed by atoms with Crippen LogP contribution < -0.4 is 14.8 Å². The minimum Gasteiger partial charge on any atom is -0.493 e. The van der Waals surface area contributed by atoms with Crippen molar-refractivity contribution in [3.63, 3.8) is 0 Å². The largest absolute Gasteiger partial charge is 0.493 e. The molecule has 28 heavy (non-hydrogen) atoms.